The van der Waals surface area contributed by atoms with E-state index in [-0.39, 0.29) is 35.5 Å². The fraction of sp³-hybridized carbons (Fsp3) is 0.833. The molecule has 0 aromatic heterocycles. The Morgan fingerprint density at radius 3 is 2.14 bits per heavy atom. The molecule has 0 aromatic carbocycles. The Morgan fingerprint density at radius 2 is 1.68 bits per heavy atom. The minimum absolute atomic E-state index is 0.0101. The van der Waals surface area contributed by atoms with Gasteiger partial charge in [0.15, 0.2) is 0 Å². The lowest BCUT2D eigenvalue weighted by Gasteiger charge is -2.30. The fourth-order valence-electron chi connectivity index (χ4n) is 3.78. The monoisotopic (exact) mass is 307 g/mol. The van der Waals surface area contributed by atoms with Crippen molar-refractivity contribution in [3.8, 4) is 0 Å². The van der Waals surface area contributed by atoms with Gasteiger partial charge in [-0.2, -0.15) is 0 Å². The number of carbonyl (C=O) groups excluding carboxylic acids is 3. The average Bonchev–Trinajstić information content (AvgIpc) is 2.75. The molecule has 1 saturated carbocycles. The smallest absolute Gasteiger partial charge is 0.233 e. The van der Waals surface area contributed by atoms with Gasteiger partial charge in [-0.3, -0.25) is 19.3 Å². The molecule has 0 unspecified atom stereocenters. The quantitative estimate of drug-likeness (QED) is 0.734. The van der Waals surface area contributed by atoms with E-state index in [1.165, 1.54) is 4.90 Å². The van der Waals surface area contributed by atoms with Gasteiger partial charge in [0.25, 0.3) is 0 Å². The predicted molar refractivity (Wildman–Crippen MR) is 85.0 cm³/mol. The van der Waals surface area contributed by atoms with Crippen molar-refractivity contribution >= 4 is 17.6 Å². The molecule has 2 aliphatic rings. The first-order valence-corrected chi connectivity index (χ1v) is 8.69. The van der Waals surface area contributed by atoms with Gasteiger partial charge in [-0.05, 0) is 37.5 Å². The summed E-state index contributed by atoms with van der Waals surface area (Å²) >= 11 is 0. The van der Waals surface area contributed by atoms with E-state index in [4.69, 9.17) is 0 Å². The van der Waals surface area contributed by atoms with E-state index in [1.807, 2.05) is 27.7 Å². The first-order chi connectivity index (χ1) is 10.3. The van der Waals surface area contributed by atoms with Crippen molar-refractivity contribution < 1.29 is 14.4 Å². The first kappa shape index (κ1) is 17.2. The number of Topliss-reactive ketones (excluding diaryl/α,β-unsaturated/α-hetero) is 1. The molecule has 2 rings (SSSR count). The van der Waals surface area contributed by atoms with Gasteiger partial charge in [0, 0.05) is 30.7 Å². The van der Waals surface area contributed by atoms with Gasteiger partial charge >= 0.3 is 0 Å². The average molecular weight is 307 g/mol. The highest BCUT2D eigenvalue weighted by molar-refractivity contribution is 6.03. The minimum Gasteiger partial charge on any atom is -0.299 e. The molecule has 0 N–H and O–H groups in total. The summed E-state index contributed by atoms with van der Waals surface area (Å²) in [6.45, 7) is 8.48. The molecule has 0 bridgehead atoms. The fourth-order valence-corrected chi connectivity index (χ4v) is 3.78. The summed E-state index contributed by atoms with van der Waals surface area (Å²) in [5.41, 5.74) is 0. The van der Waals surface area contributed by atoms with Gasteiger partial charge in [0.2, 0.25) is 11.8 Å². The van der Waals surface area contributed by atoms with Gasteiger partial charge in [0.05, 0.1) is 0 Å². The molecule has 22 heavy (non-hydrogen) atoms. The van der Waals surface area contributed by atoms with E-state index in [1.54, 1.807) is 0 Å². The highest BCUT2D eigenvalue weighted by Gasteiger charge is 2.41. The van der Waals surface area contributed by atoms with Crippen LogP contribution in [0.4, 0.5) is 0 Å². The van der Waals surface area contributed by atoms with E-state index in [0.717, 1.165) is 25.7 Å². The maximum atomic E-state index is 12.3. The number of likely N-dealkylation sites (tertiary alicyclic amines) is 1. The van der Waals surface area contributed by atoms with Crippen molar-refractivity contribution in [2.24, 2.45) is 29.6 Å². The Kier molecular flexibility index (Phi) is 5.41. The number of rotatable bonds is 5. The van der Waals surface area contributed by atoms with Crippen molar-refractivity contribution in [2.75, 3.05) is 6.54 Å². The number of carbonyl (C=O) groups is 3. The predicted octanol–water partition coefficient (Wildman–Crippen LogP) is 3.05. The third-order valence-corrected chi connectivity index (χ3v) is 5.34. The lowest BCUT2D eigenvalue weighted by Crippen LogP contribution is -2.37. The first-order valence-electron chi connectivity index (χ1n) is 8.69. The molecule has 1 aliphatic heterocycles. The van der Waals surface area contributed by atoms with Gasteiger partial charge in [-0.25, -0.2) is 0 Å². The van der Waals surface area contributed by atoms with Crippen LogP contribution in [-0.2, 0) is 14.4 Å². The van der Waals surface area contributed by atoms with Crippen LogP contribution in [0.1, 0.15) is 59.8 Å². The summed E-state index contributed by atoms with van der Waals surface area (Å²) in [7, 11) is 0. The number of ketones is 1. The van der Waals surface area contributed by atoms with Gasteiger partial charge in [0.1, 0.15) is 5.78 Å². The van der Waals surface area contributed by atoms with Gasteiger partial charge in [-0.1, -0.05) is 27.7 Å². The molecule has 0 aromatic rings. The van der Waals surface area contributed by atoms with Crippen LogP contribution in [0.3, 0.4) is 0 Å². The van der Waals surface area contributed by atoms with Crippen molar-refractivity contribution in [3.63, 3.8) is 0 Å². The summed E-state index contributed by atoms with van der Waals surface area (Å²) in [6, 6.07) is 0. The standard InChI is InChI=1S/C18H29NO3/c1-11(2)15-9-16(20)19(18(15)22)10-13-5-7-14(8-6-13)17(21)12(3)4/h11-15H,5-10H2,1-4H3/t13-,14-,15-/m0/s1. The molecule has 1 aliphatic carbocycles. The zero-order valence-corrected chi connectivity index (χ0v) is 14.3. The Hall–Kier alpha value is -1.19. The normalized spacial score (nSPS) is 29.7. The highest BCUT2D eigenvalue weighted by atomic mass is 16.2. The Labute approximate surface area is 133 Å². The molecule has 0 spiro atoms. The largest absolute Gasteiger partial charge is 0.299 e. The summed E-state index contributed by atoms with van der Waals surface area (Å²) in [4.78, 5) is 38.0. The molecule has 1 atom stereocenters. The molecule has 2 amide bonds. The highest BCUT2D eigenvalue weighted by Crippen LogP contribution is 2.34. The second-order valence-corrected chi connectivity index (χ2v) is 7.67. The van der Waals surface area contributed by atoms with Crippen molar-refractivity contribution in [2.45, 2.75) is 59.8 Å². The summed E-state index contributed by atoms with van der Waals surface area (Å²) < 4.78 is 0. The number of imide groups is 1. The van der Waals surface area contributed by atoms with Crippen LogP contribution in [0.15, 0.2) is 0 Å². The van der Waals surface area contributed by atoms with Crippen LogP contribution in [0, 0.1) is 29.6 Å². The van der Waals surface area contributed by atoms with E-state index in [0.29, 0.717) is 24.7 Å². The molecule has 0 radical (unpaired) electrons. The van der Waals surface area contributed by atoms with Crippen molar-refractivity contribution in [3.05, 3.63) is 0 Å². The summed E-state index contributed by atoms with van der Waals surface area (Å²) in [5.74, 6) is 1.12. The van der Waals surface area contributed by atoms with Gasteiger partial charge in [-0.15, -0.1) is 0 Å². The molecular weight excluding hydrogens is 278 g/mol. The van der Waals surface area contributed by atoms with Crippen molar-refractivity contribution in [1.29, 1.82) is 0 Å². The van der Waals surface area contributed by atoms with E-state index in [2.05, 4.69) is 0 Å². The number of amides is 2. The molecular formula is C18H29NO3. The van der Waals surface area contributed by atoms with E-state index in [9.17, 15) is 14.4 Å². The number of nitrogens with zero attached hydrogens (tertiary/aromatic N) is 1. The molecule has 4 heteroatoms. The van der Waals surface area contributed by atoms with Crippen LogP contribution in [0.25, 0.3) is 0 Å². The van der Waals surface area contributed by atoms with Gasteiger partial charge < -0.3 is 0 Å². The zero-order chi connectivity index (χ0) is 16.4. The number of hydrogen-bond acceptors (Lipinski definition) is 3. The van der Waals surface area contributed by atoms with Crippen LogP contribution < -0.4 is 0 Å². The third-order valence-electron chi connectivity index (χ3n) is 5.34. The molecule has 1 saturated heterocycles. The summed E-state index contributed by atoms with van der Waals surface area (Å²) in [5, 5.41) is 0. The number of hydrogen-bond donors (Lipinski definition) is 0. The van der Waals surface area contributed by atoms with Crippen LogP contribution >= 0.6 is 0 Å². The summed E-state index contributed by atoms with van der Waals surface area (Å²) in [6.07, 6.45) is 4.09. The second kappa shape index (κ2) is 6.93. The van der Waals surface area contributed by atoms with Crippen LogP contribution in [0.2, 0.25) is 0 Å². The minimum atomic E-state index is -0.133. The van der Waals surface area contributed by atoms with Crippen LogP contribution in [0.5, 0.6) is 0 Å². The molecule has 1 heterocycles. The maximum Gasteiger partial charge on any atom is 0.233 e. The topological polar surface area (TPSA) is 54.5 Å². The Bertz CT molecular complexity index is 447. The molecule has 4 nitrogen and oxygen atoms in total. The second-order valence-electron chi connectivity index (χ2n) is 7.67. The molecule has 124 valence electrons. The Balaban J connectivity index is 1.87. The van der Waals surface area contributed by atoms with Crippen LogP contribution in [-0.4, -0.2) is 29.0 Å². The zero-order valence-electron chi connectivity index (χ0n) is 14.3. The van der Waals surface area contributed by atoms with E-state index < -0.39 is 0 Å². The Morgan fingerprint density at radius 1 is 1.09 bits per heavy atom. The molecule has 2 fully saturated rings. The van der Waals surface area contributed by atoms with Crippen molar-refractivity contribution in [1.82, 2.24) is 4.90 Å². The lowest BCUT2D eigenvalue weighted by atomic mass is 9.77. The van der Waals surface area contributed by atoms with E-state index >= 15 is 0 Å². The SMILES string of the molecule is CC(C)C(=O)[C@H]1CC[C@H](CN2C(=O)C[C@@H](C(C)C)C2=O)CC1. The lowest BCUT2D eigenvalue weighted by molar-refractivity contribution is -0.141. The third kappa shape index (κ3) is 3.58. The maximum absolute atomic E-state index is 12.3.